The Hall–Kier alpha value is -2.79. The molecule has 0 bridgehead atoms. The van der Waals surface area contributed by atoms with Crippen LogP contribution in [-0.4, -0.2) is 48.5 Å². The molecule has 0 atom stereocenters. The van der Waals surface area contributed by atoms with Crippen LogP contribution < -0.4 is 10.2 Å². The Morgan fingerprint density at radius 1 is 1.03 bits per heavy atom. The summed E-state index contributed by atoms with van der Waals surface area (Å²) < 4.78 is 0. The molecule has 2 N–H and O–H groups in total. The number of benzene rings is 2. The first kappa shape index (κ1) is 19.5. The molecule has 1 fully saturated rings. The summed E-state index contributed by atoms with van der Waals surface area (Å²) in [4.78, 5) is 21.1. The van der Waals surface area contributed by atoms with E-state index in [2.05, 4.69) is 59.9 Å². The molecule has 1 amide bonds. The average Bonchev–Trinajstić information content (AvgIpc) is 3.02. The third-order valence-electron chi connectivity index (χ3n) is 6.21. The first-order valence-electron chi connectivity index (χ1n) is 10.4. The normalized spacial score (nSPS) is 15.1. The third-order valence-corrected chi connectivity index (χ3v) is 6.21. The molecule has 0 spiro atoms. The number of nitrogens with zero attached hydrogens (tertiary/aromatic N) is 2. The number of nitrogens with one attached hydrogen (secondary N) is 2. The zero-order chi connectivity index (χ0) is 20.5. The lowest BCUT2D eigenvalue weighted by molar-refractivity contribution is 0.102. The summed E-state index contributed by atoms with van der Waals surface area (Å²) in [5.74, 6) is -0.0717. The van der Waals surface area contributed by atoms with E-state index in [-0.39, 0.29) is 5.91 Å². The molecule has 0 saturated carbocycles. The number of fused-ring (bicyclic) bond motifs is 1. The summed E-state index contributed by atoms with van der Waals surface area (Å²) in [6, 6.07) is 12.2. The number of rotatable bonds is 4. The molecular formula is C24H30N4O. The number of amides is 1. The fraction of sp³-hybridized carbons (Fsp3) is 0.375. The molecular weight excluding hydrogens is 360 g/mol. The maximum atomic E-state index is 12.8. The molecule has 0 radical (unpaired) electrons. The van der Waals surface area contributed by atoms with Gasteiger partial charge in [0.2, 0.25) is 0 Å². The number of aromatic amines is 1. The first-order chi connectivity index (χ1) is 14.0. The van der Waals surface area contributed by atoms with Gasteiger partial charge in [-0.05, 0) is 74.8 Å². The van der Waals surface area contributed by atoms with Gasteiger partial charge in [-0.25, -0.2) is 0 Å². The Morgan fingerprint density at radius 2 is 1.79 bits per heavy atom. The van der Waals surface area contributed by atoms with Crippen LogP contribution in [0.2, 0.25) is 0 Å². The molecule has 2 aromatic carbocycles. The molecule has 152 valence electrons. The monoisotopic (exact) mass is 390 g/mol. The van der Waals surface area contributed by atoms with Gasteiger partial charge in [-0.2, -0.15) is 0 Å². The van der Waals surface area contributed by atoms with Gasteiger partial charge in [0, 0.05) is 59.7 Å². The third kappa shape index (κ3) is 3.87. The van der Waals surface area contributed by atoms with Crippen molar-refractivity contribution >= 4 is 28.2 Å². The Balaban J connectivity index is 1.49. The van der Waals surface area contributed by atoms with E-state index in [4.69, 9.17) is 0 Å². The number of hydrogen-bond donors (Lipinski definition) is 2. The second-order valence-electron chi connectivity index (χ2n) is 8.01. The molecule has 1 aliphatic heterocycles. The summed E-state index contributed by atoms with van der Waals surface area (Å²) in [6.45, 7) is 13.8. The summed E-state index contributed by atoms with van der Waals surface area (Å²) in [6.07, 6.45) is 0. The van der Waals surface area contributed by atoms with E-state index >= 15 is 0 Å². The standard InChI is InChI=1S/C24H30N4O/c1-5-27-10-12-28(13-11-27)20-7-9-22(16(2)14-20)26-24(29)19-6-8-23-21(15-19)17(3)18(4)25-23/h6-9,14-15,25H,5,10-13H2,1-4H3,(H,26,29). The number of carbonyl (C=O) groups excluding carboxylic acids is 1. The molecule has 0 aliphatic carbocycles. The van der Waals surface area contributed by atoms with Gasteiger partial charge in [0.05, 0.1) is 0 Å². The van der Waals surface area contributed by atoms with Crippen molar-refractivity contribution in [1.82, 2.24) is 9.88 Å². The second kappa shape index (κ2) is 7.91. The minimum Gasteiger partial charge on any atom is -0.369 e. The lowest BCUT2D eigenvalue weighted by Gasteiger charge is -2.35. The van der Waals surface area contributed by atoms with E-state index < -0.39 is 0 Å². The van der Waals surface area contributed by atoms with Crippen molar-refractivity contribution < 1.29 is 4.79 Å². The SMILES string of the molecule is CCN1CCN(c2ccc(NC(=O)c3ccc4[nH]c(C)c(C)c4c3)c(C)c2)CC1. The van der Waals surface area contributed by atoms with Crippen LogP contribution in [0, 0.1) is 20.8 Å². The smallest absolute Gasteiger partial charge is 0.255 e. The van der Waals surface area contributed by atoms with Crippen LogP contribution in [0.1, 0.15) is 34.1 Å². The number of likely N-dealkylation sites (N-methyl/N-ethyl adjacent to an activating group) is 1. The van der Waals surface area contributed by atoms with Crippen LogP contribution in [0.3, 0.4) is 0 Å². The Morgan fingerprint density at radius 3 is 2.48 bits per heavy atom. The molecule has 1 saturated heterocycles. The van der Waals surface area contributed by atoms with Crippen LogP contribution in [0.15, 0.2) is 36.4 Å². The van der Waals surface area contributed by atoms with Crippen molar-refractivity contribution in [1.29, 1.82) is 0 Å². The van der Waals surface area contributed by atoms with Crippen molar-refractivity contribution in [3.8, 4) is 0 Å². The van der Waals surface area contributed by atoms with Crippen molar-refractivity contribution in [2.75, 3.05) is 42.9 Å². The Kier molecular flexibility index (Phi) is 5.33. The summed E-state index contributed by atoms with van der Waals surface area (Å²) >= 11 is 0. The number of piperazine rings is 1. The van der Waals surface area contributed by atoms with Gasteiger partial charge in [0.25, 0.3) is 5.91 Å². The second-order valence-corrected chi connectivity index (χ2v) is 8.01. The molecule has 5 nitrogen and oxygen atoms in total. The molecule has 4 rings (SSSR count). The van der Waals surface area contributed by atoms with Gasteiger partial charge < -0.3 is 20.1 Å². The summed E-state index contributed by atoms with van der Waals surface area (Å²) in [5, 5.41) is 4.19. The lowest BCUT2D eigenvalue weighted by atomic mass is 10.1. The van der Waals surface area contributed by atoms with Gasteiger partial charge in [-0.1, -0.05) is 6.92 Å². The van der Waals surface area contributed by atoms with Crippen LogP contribution in [0.4, 0.5) is 11.4 Å². The van der Waals surface area contributed by atoms with E-state index in [1.54, 1.807) is 0 Å². The van der Waals surface area contributed by atoms with E-state index in [0.717, 1.165) is 60.6 Å². The number of aromatic nitrogens is 1. The maximum Gasteiger partial charge on any atom is 0.255 e. The molecule has 1 aromatic heterocycles. The highest BCUT2D eigenvalue weighted by molar-refractivity contribution is 6.07. The van der Waals surface area contributed by atoms with Crippen LogP contribution in [-0.2, 0) is 0 Å². The van der Waals surface area contributed by atoms with Crippen molar-refractivity contribution in [2.24, 2.45) is 0 Å². The fourth-order valence-electron chi connectivity index (χ4n) is 4.10. The Labute approximate surface area is 172 Å². The molecule has 29 heavy (non-hydrogen) atoms. The summed E-state index contributed by atoms with van der Waals surface area (Å²) in [5.41, 5.74) is 7.27. The average molecular weight is 391 g/mol. The number of hydrogen-bond acceptors (Lipinski definition) is 3. The van der Waals surface area contributed by atoms with E-state index in [1.807, 2.05) is 24.3 Å². The number of carbonyl (C=O) groups is 1. The van der Waals surface area contributed by atoms with Crippen LogP contribution >= 0.6 is 0 Å². The van der Waals surface area contributed by atoms with E-state index in [1.165, 1.54) is 11.3 Å². The van der Waals surface area contributed by atoms with E-state index in [9.17, 15) is 4.79 Å². The van der Waals surface area contributed by atoms with Gasteiger partial charge in [0.1, 0.15) is 0 Å². The van der Waals surface area contributed by atoms with Gasteiger partial charge >= 0.3 is 0 Å². The van der Waals surface area contributed by atoms with Crippen molar-refractivity contribution in [3.63, 3.8) is 0 Å². The van der Waals surface area contributed by atoms with Crippen molar-refractivity contribution in [2.45, 2.75) is 27.7 Å². The topological polar surface area (TPSA) is 51.4 Å². The minimum absolute atomic E-state index is 0.0717. The van der Waals surface area contributed by atoms with Gasteiger partial charge in [-0.15, -0.1) is 0 Å². The molecule has 0 unspecified atom stereocenters. The highest BCUT2D eigenvalue weighted by Gasteiger charge is 2.17. The van der Waals surface area contributed by atoms with E-state index in [0.29, 0.717) is 5.56 Å². The molecule has 2 heterocycles. The van der Waals surface area contributed by atoms with Crippen LogP contribution in [0.5, 0.6) is 0 Å². The maximum absolute atomic E-state index is 12.8. The van der Waals surface area contributed by atoms with Gasteiger partial charge in [-0.3, -0.25) is 4.79 Å². The number of aryl methyl sites for hydroxylation is 3. The lowest BCUT2D eigenvalue weighted by Crippen LogP contribution is -2.46. The predicted molar refractivity (Wildman–Crippen MR) is 121 cm³/mol. The largest absolute Gasteiger partial charge is 0.369 e. The quantitative estimate of drug-likeness (QED) is 0.690. The molecule has 1 aliphatic rings. The number of anilines is 2. The van der Waals surface area contributed by atoms with Crippen LogP contribution in [0.25, 0.3) is 10.9 Å². The highest BCUT2D eigenvalue weighted by Crippen LogP contribution is 2.26. The summed E-state index contributed by atoms with van der Waals surface area (Å²) in [7, 11) is 0. The highest BCUT2D eigenvalue weighted by atomic mass is 16.1. The molecule has 5 heteroatoms. The zero-order valence-electron chi connectivity index (χ0n) is 17.8. The van der Waals surface area contributed by atoms with Crippen molar-refractivity contribution in [3.05, 3.63) is 58.8 Å². The fourth-order valence-corrected chi connectivity index (χ4v) is 4.10. The minimum atomic E-state index is -0.0717. The predicted octanol–water partition coefficient (Wildman–Crippen LogP) is 4.49. The van der Waals surface area contributed by atoms with Gasteiger partial charge in [0.15, 0.2) is 0 Å². The number of H-pyrrole nitrogens is 1. The Bertz CT molecular complexity index is 1040. The molecule has 3 aromatic rings. The zero-order valence-corrected chi connectivity index (χ0v) is 17.8. The first-order valence-corrected chi connectivity index (χ1v) is 10.4.